The molecule has 5 heteroatoms. The Morgan fingerprint density at radius 1 is 1.21 bits per heavy atom. The van der Waals surface area contributed by atoms with E-state index >= 15 is 0 Å². The van der Waals surface area contributed by atoms with E-state index < -0.39 is 0 Å². The first-order valence-corrected chi connectivity index (χ1v) is 9.02. The Hall–Kier alpha value is -1.62. The van der Waals surface area contributed by atoms with Crippen LogP contribution < -0.4 is 5.32 Å². The number of nitrogens with one attached hydrogen (secondary N) is 1. The molecule has 3 nitrogen and oxygen atoms in total. The number of hydrogen-bond acceptors (Lipinski definition) is 2. The highest BCUT2D eigenvalue weighted by atomic mass is 79.9. The molecule has 128 valence electrons. The van der Waals surface area contributed by atoms with Gasteiger partial charge in [-0.3, -0.25) is 4.79 Å². The summed E-state index contributed by atoms with van der Waals surface area (Å²) in [4.78, 5) is 12.6. The summed E-state index contributed by atoms with van der Waals surface area (Å²) in [5.41, 5.74) is 1.54. The summed E-state index contributed by atoms with van der Waals surface area (Å²) < 4.78 is 19.5. The van der Waals surface area contributed by atoms with Crippen LogP contribution in [0.4, 0.5) is 4.39 Å². The van der Waals surface area contributed by atoms with Crippen molar-refractivity contribution >= 4 is 21.8 Å². The fourth-order valence-electron chi connectivity index (χ4n) is 3.68. The zero-order chi connectivity index (χ0) is 17.3. The zero-order valence-corrected chi connectivity index (χ0v) is 15.5. The number of furan rings is 1. The van der Waals surface area contributed by atoms with E-state index in [0.29, 0.717) is 28.1 Å². The van der Waals surface area contributed by atoms with Crippen LogP contribution in [0.2, 0.25) is 0 Å². The second-order valence-corrected chi connectivity index (χ2v) is 7.37. The third-order valence-electron chi connectivity index (χ3n) is 5.02. The van der Waals surface area contributed by atoms with Crippen LogP contribution in [0, 0.1) is 19.7 Å². The van der Waals surface area contributed by atoms with Gasteiger partial charge >= 0.3 is 0 Å². The molecule has 2 aromatic rings. The minimum absolute atomic E-state index is 0.109. The van der Waals surface area contributed by atoms with Gasteiger partial charge in [-0.15, -0.1) is 0 Å². The Morgan fingerprint density at radius 3 is 2.38 bits per heavy atom. The highest BCUT2D eigenvalue weighted by Gasteiger charge is 2.36. The predicted octanol–water partition coefficient (Wildman–Crippen LogP) is 5.04. The molecule has 1 aliphatic rings. The van der Waals surface area contributed by atoms with Gasteiger partial charge in [-0.25, -0.2) is 4.39 Å². The van der Waals surface area contributed by atoms with Crippen LogP contribution in [0.25, 0.3) is 0 Å². The maximum atomic E-state index is 13.2. The molecule has 24 heavy (non-hydrogen) atoms. The van der Waals surface area contributed by atoms with Crippen molar-refractivity contribution in [1.29, 1.82) is 0 Å². The third kappa shape index (κ3) is 3.14. The molecular formula is C19H21BrFNO2. The number of carbonyl (C=O) groups is 1. The maximum absolute atomic E-state index is 13.2. The molecule has 0 saturated heterocycles. The second-order valence-electron chi connectivity index (χ2n) is 6.58. The van der Waals surface area contributed by atoms with Crippen LogP contribution in [-0.2, 0) is 5.41 Å². The van der Waals surface area contributed by atoms with Crippen molar-refractivity contribution in [3.05, 3.63) is 57.2 Å². The van der Waals surface area contributed by atoms with Crippen molar-refractivity contribution in [3.8, 4) is 0 Å². The largest absolute Gasteiger partial charge is 0.465 e. The van der Waals surface area contributed by atoms with Gasteiger partial charge in [0.2, 0.25) is 0 Å². The van der Waals surface area contributed by atoms with Crippen molar-refractivity contribution in [2.24, 2.45) is 0 Å². The molecule has 1 saturated carbocycles. The number of hydrogen-bond donors (Lipinski definition) is 1. The highest BCUT2D eigenvalue weighted by Crippen LogP contribution is 2.40. The van der Waals surface area contributed by atoms with Crippen molar-refractivity contribution < 1.29 is 13.6 Å². The number of aryl methyl sites for hydroxylation is 2. The molecule has 1 aliphatic carbocycles. The molecule has 1 heterocycles. The van der Waals surface area contributed by atoms with E-state index in [1.807, 2.05) is 19.1 Å². The molecule has 0 radical (unpaired) electrons. The first-order valence-electron chi connectivity index (χ1n) is 8.23. The lowest BCUT2D eigenvalue weighted by Gasteiger charge is -2.30. The first kappa shape index (κ1) is 17.2. The average molecular weight is 394 g/mol. The van der Waals surface area contributed by atoms with Crippen LogP contribution in [0.1, 0.15) is 53.1 Å². The van der Waals surface area contributed by atoms with Gasteiger partial charge in [-0.1, -0.05) is 25.0 Å². The van der Waals surface area contributed by atoms with E-state index in [4.69, 9.17) is 4.42 Å². The molecule has 0 bridgehead atoms. The first-order chi connectivity index (χ1) is 11.4. The molecular weight excluding hydrogens is 373 g/mol. The van der Waals surface area contributed by atoms with Crippen LogP contribution in [-0.4, -0.2) is 12.5 Å². The highest BCUT2D eigenvalue weighted by molar-refractivity contribution is 9.10. The summed E-state index contributed by atoms with van der Waals surface area (Å²) >= 11 is 3.43. The maximum Gasteiger partial charge on any atom is 0.256 e. The molecule has 1 aromatic carbocycles. The average Bonchev–Trinajstić information content (AvgIpc) is 3.12. The summed E-state index contributed by atoms with van der Waals surface area (Å²) in [6, 6.07) is 6.68. The monoisotopic (exact) mass is 393 g/mol. The van der Waals surface area contributed by atoms with Gasteiger partial charge < -0.3 is 9.73 Å². The minimum atomic E-state index is -0.232. The van der Waals surface area contributed by atoms with Crippen molar-refractivity contribution in [1.82, 2.24) is 5.32 Å². The van der Waals surface area contributed by atoms with Gasteiger partial charge in [0, 0.05) is 12.0 Å². The number of rotatable bonds is 4. The van der Waals surface area contributed by atoms with Crippen LogP contribution in [0.3, 0.4) is 0 Å². The second kappa shape index (κ2) is 6.71. The summed E-state index contributed by atoms with van der Waals surface area (Å²) in [6.07, 6.45) is 4.26. The van der Waals surface area contributed by atoms with Gasteiger partial charge in [0.05, 0.1) is 10.0 Å². The van der Waals surface area contributed by atoms with E-state index in [2.05, 4.69) is 21.2 Å². The Bertz CT molecular complexity index is 745. The van der Waals surface area contributed by atoms with Gasteiger partial charge in [0.25, 0.3) is 5.91 Å². The van der Waals surface area contributed by atoms with Gasteiger partial charge in [0.1, 0.15) is 17.3 Å². The van der Waals surface area contributed by atoms with Gasteiger partial charge in [0.15, 0.2) is 0 Å². The molecule has 0 atom stereocenters. The van der Waals surface area contributed by atoms with Crippen molar-refractivity contribution in [2.75, 3.05) is 6.54 Å². The molecule has 3 rings (SSSR count). The lowest BCUT2D eigenvalue weighted by atomic mass is 9.78. The summed E-state index contributed by atoms with van der Waals surface area (Å²) in [5, 5.41) is 3.07. The third-order valence-corrected chi connectivity index (χ3v) is 5.97. The molecule has 1 aromatic heterocycles. The zero-order valence-electron chi connectivity index (χ0n) is 13.9. The number of amides is 1. The lowest BCUT2D eigenvalue weighted by molar-refractivity contribution is 0.0941. The Morgan fingerprint density at radius 2 is 1.83 bits per heavy atom. The quantitative estimate of drug-likeness (QED) is 0.790. The molecule has 0 spiro atoms. The van der Waals surface area contributed by atoms with E-state index in [-0.39, 0.29) is 17.1 Å². The van der Waals surface area contributed by atoms with Gasteiger partial charge in [-0.2, -0.15) is 0 Å². The fraction of sp³-hybridized carbons (Fsp3) is 0.421. The predicted molar refractivity (Wildman–Crippen MR) is 94.8 cm³/mol. The minimum Gasteiger partial charge on any atom is -0.465 e. The molecule has 0 unspecified atom stereocenters. The topological polar surface area (TPSA) is 42.2 Å². The van der Waals surface area contributed by atoms with E-state index in [0.717, 1.165) is 31.2 Å². The van der Waals surface area contributed by atoms with E-state index in [9.17, 15) is 9.18 Å². The standard InChI is InChI=1S/C19H21BrFNO2/c1-12-16(17(20)13(2)24-12)18(23)22-11-19(9-3-4-10-19)14-5-7-15(21)8-6-14/h5-8H,3-4,9-11H2,1-2H3,(H,22,23). The Balaban J connectivity index is 1.80. The molecule has 1 N–H and O–H groups in total. The van der Waals surface area contributed by atoms with Gasteiger partial charge in [-0.05, 0) is 60.3 Å². The smallest absolute Gasteiger partial charge is 0.256 e. The number of carbonyl (C=O) groups excluding carboxylic acids is 1. The summed E-state index contributed by atoms with van der Waals surface area (Å²) in [5.74, 6) is 0.944. The fourth-order valence-corrected chi connectivity index (χ4v) is 4.22. The Kier molecular flexibility index (Phi) is 4.81. The van der Waals surface area contributed by atoms with Crippen molar-refractivity contribution in [2.45, 2.75) is 44.9 Å². The number of halogens is 2. The SMILES string of the molecule is Cc1oc(C)c(C(=O)NCC2(c3ccc(F)cc3)CCCC2)c1Br. The van der Waals surface area contributed by atoms with Crippen LogP contribution in [0.15, 0.2) is 33.2 Å². The normalized spacial score (nSPS) is 16.3. The lowest BCUT2D eigenvalue weighted by Crippen LogP contribution is -2.39. The summed E-state index contributed by atoms with van der Waals surface area (Å²) in [7, 11) is 0. The molecule has 0 aliphatic heterocycles. The molecule has 1 amide bonds. The van der Waals surface area contributed by atoms with Crippen LogP contribution >= 0.6 is 15.9 Å². The molecule has 1 fully saturated rings. The van der Waals surface area contributed by atoms with E-state index in [1.165, 1.54) is 12.1 Å². The summed E-state index contributed by atoms with van der Waals surface area (Å²) in [6.45, 7) is 4.16. The van der Waals surface area contributed by atoms with Crippen molar-refractivity contribution in [3.63, 3.8) is 0 Å². The number of benzene rings is 1. The Labute approximate surface area is 149 Å². The van der Waals surface area contributed by atoms with Crippen LogP contribution in [0.5, 0.6) is 0 Å². The van der Waals surface area contributed by atoms with E-state index in [1.54, 1.807) is 6.92 Å².